The van der Waals surface area contributed by atoms with Crippen LogP contribution in [0, 0.1) is 0 Å². The first-order valence-corrected chi connectivity index (χ1v) is 14.7. The third-order valence-corrected chi connectivity index (χ3v) is 12.6. The number of H-pyrrole nitrogens is 1. The number of carbonyl (C=O) groups is 1. The van der Waals surface area contributed by atoms with Crippen LogP contribution in [0.15, 0.2) is 18.2 Å². The van der Waals surface area contributed by atoms with Gasteiger partial charge in [0.2, 0.25) is 0 Å². The fraction of sp³-hybridized carbons (Fsp3) is 0.640. The van der Waals surface area contributed by atoms with Gasteiger partial charge in [-0.2, -0.15) is 0 Å². The monoisotopic (exact) mass is 457 g/mol. The van der Waals surface area contributed by atoms with Crippen LogP contribution in [0.2, 0.25) is 18.1 Å². The van der Waals surface area contributed by atoms with E-state index in [1.165, 1.54) is 16.6 Å². The van der Waals surface area contributed by atoms with E-state index in [2.05, 4.69) is 61.6 Å². The molecule has 2 aliphatic heterocycles. The number of piperidine rings is 1. The second-order valence-corrected chi connectivity index (χ2v) is 16.0. The summed E-state index contributed by atoms with van der Waals surface area (Å²) < 4.78 is 12.1. The van der Waals surface area contributed by atoms with E-state index in [-0.39, 0.29) is 28.3 Å². The first kappa shape index (κ1) is 23.5. The van der Waals surface area contributed by atoms with Gasteiger partial charge >= 0.3 is 0 Å². The van der Waals surface area contributed by atoms with E-state index < -0.39 is 8.32 Å². The number of ether oxygens (including phenoxy) is 1. The van der Waals surface area contributed by atoms with E-state index in [0.29, 0.717) is 6.61 Å². The molecule has 1 aromatic carbocycles. The molecule has 0 saturated carbocycles. The Kier molecular flexibility index (Phi) is 6.07. The average molecular weight is 458 g/mol. The van der Waals surface area contributed by atoms with Gasteiger partial charge in [0.05, 0.1) is 25.8 Å². The summed E-state index contributed by atoms with van der Waals surface area (Å²) in [4.78, 5) is 16.0. The Morgan fingerprint density at radius 2 is 2.00 bits per heavy atom. The van der Waals surface area contributed by atoms with Crippen molar-refractivity contribution >= 4 is 25.0 Å². The number of hydrogen-bond donors (Lipinski definition) is 3. The summed E-state index contributed by atoms with van der Waals surface area (Å²) in [6.45, 7) is 15.5. The van der Waals surface area contributed by atoms with Gasteiger partial charge < -0.3 is 24.8 Å². The van der Waals surface area contributed by atoms with Crippen molar-refractivity contribution in [2.75, 3.05) is 26.8 Å². The van der Waals surface area contributed by atoms with Crippen LogP contribution in [0.25, 0.3) is 10.9 Å². The van der Waals surface area contributed by atoms with Crippen molar-refractivity contribution in [3.63, 3.8) is 0 Å². The molecule has 32 heavy (non-hydrogen) atoms. The maximum absolute atomic E-state index is 12.3. The number of hydrogen-bond acceptors (Lipinski definition) is 5. The van der Waals surface area contributed by atoms with Crippen molar-refractivity contribution < 1.29 is 14.0 Å². The third-order valence-electron chi connectivity index (χ3n) is 8.10. The number of rotatable bonds is 5. The fourth-order valence-electron chi connectivity index (χ4n) is 5.04. The lowest BCUT2D eigenvalue weighted by Gasteiger charge is -2.46. The van der Waals surface area contributed by atoms with Crippen molar-refractivity contribution in [1.82, 2.24) is 15.6 Å². The molecule has 1 saturated heterocycles. The van der Waals surface area contributed by atoms with Crippen molar-refractivity contribution in [1.29, 1.82) is 0 Å². The Morgan fingerprint density at radius 3 is 2.66 bits per heavy atom. The SMILES string of the molecule is COc1ccc2c3c([nH]c2c1)C(CO[Si](C)(C)C(C)(C)C)NCC31CCN[C@@H](C(C)=O)C1. The lowest BCUT2D eigenvalue weighted by Crippen LogP contribution is -2.56. The molecule has 0 radical (unpaired) electrons. The smallest absolute Gasteiger partial charge is 0.192 e. The van der Waals surface area contributed by atoms with Crippen molar-refractivity contribution in [3.05, 3.63) is 29.5 Å². The van der Waals surface area contributed by atoms with Crippen LogP contribution >= 0.6 is 0 Å². The summed E-state index contributed by atoms with van der Waals surface area (Å²) >= 11 is 0. The lowest BCUT2D eigenvalue weighted by atomic mass is 9.67. The molecule has 6 nitrogen and oxygen atoms in total. The third kappa shape index (κ3) is 4.04. The van der Waals surface area contributed by atoms with Gasteiger partial charge in [0.1, 0.15) is 11.5 Å². The summed E-state index contributed by atoms with van der Waals surface area (Å²) in [7, 11) is -0.165. The Labute approximate surface area is 193 Å². The Hall–Kier alpha value is -1.67. The van der Waals surface area contributed by atoms with Gasteiger partial charge in [-0.05, 0) is 62.1 Å². The summed E-state index contributed by atoms with van der Waals surface area (Å²) in [6, 6.07) is 6.30. The normalized spacial score (nSPS) is 26.3. The molecular weight excluding hydrogens is 418 g/mol. The van der Waals surface area contributed by atoms with Crippen LogP contribution in [0.5, 0.6) is 5.75 Å². The van der Waals surface area contributed by atoms with Crippen LogP contribution in [0.3, 0.4) is 0 Å². The van der Waals surface area contributed by atoms with E-state index >= 15 is 0 Å². The first-order valence-electron chi connectivity index (χ1n) is 11.8. The largest absolute Gasteiger partial charge is 0.497 e. The molecule has 3 heterocycles. The molecular formula is C25H39N3O3Si. The minimum Gasteiger partial charge on any atom is -0.497 e. The van der Waals surface area contributed by atoms with Crippen molar-refractivity contribution in [2.24, 2.45) is 0 Å². The zero-order valence-corrected chi connectivity index (χ0v) is 21.6. The highest BCUT2D eigenvalue weighted by molar-refractivity contribution is 6.74. The number of nitrogens with one attached hydrogen (secondary N) is 3. The van der Waals surface area contributed by atoms with Gasteiger partial charge in [-0.15, -0.1) is 0 Å². The Balaban J connectivity index is 1.76. The number of methoxy groups -OCH3 is 1. The summed E-state index contributed by atoms with van der Waals surface area (Å²) in [6.07, 6.45) is 1.82. The van der Waals surface area contributed by atoms with Gasteiger partial charge in [0.25, 0.3) is 0 Å². The topological polar surface area (TPSA) is 75.4 Å². The summed E-state index contributed by atoms with van der Waals surface area (Å²) in [5.41, 5.74) is 3.59. The van der Waals surface area contributed by atoms with E-state index in [1.54, 1.807) is 14.0 Å². The Bertz CT molecular complexity index is 1010. The van der Waals surface area contributed by atoms with Gasteiger partial charge in [0.15, 0.2) is 8.32 Å². The van der Waals surface area contributed by atoms with Crippen molar-refractivity contribution in [2.45, 2.75) is 76.2 Å². The number of carbonyl (C=O) groups excluding carboxylic acids is 1. The molecule has 4 rings (SSSR count). The highest BCUT2D eigenvalue weighted by Gasteiger charge is 2.47. The molecule has 0 bridgehead atoms. The van der Waals surface area contributed by atoms with Gasteiger partial charge in [-0.1, -0.05) is 20.8 Å². The zero-order chi connectivity index (χ0) is 23.3. The summed E-state index contributed by atoms with van der Waals surface area (Å²) in [5, 5.41) is 8.64. The van der Waals surface area contributed by atoms with Crippen LogP contribution in [0.4, 0.5) is 0 Å². The van der Waals surface area contributed by atoms with Gasteiger partial charge in [-0.3, -0.25) is 4.79 Å². The molecule has 1 spiro atoms. The van der Waals surface area contributed by atoms with Crippen molar-refractivity contribution in [3.8, 4) is 5.75 Å². The standard InChI is InChI=1S/C25H39N3O3Si/c1-16(29)20-13-25(10-11-26-20)15-27-21(14-31-32(6,7)24(2,3)4)23-22(25)18-9-8-17(30-5)12-19(18)28-23/h8-9,12,20-21,26-28H,10-11,13-15H2,1-7H3/t20-,21?,25?/m1/s1. The molecule has 3 atom stereocenters. The second-order valence-electron chi connectivity index (χ2n) is 11.2. The molecule has 0 amide bonds. The number of benzene rings is 1. The number of fused-ring (bicyclic) bond motifs is 4. The fourth-order valence-corrected chi connectivity index (χ4v) is 6.06. The quantitative estimate of drug-likeness (QED) is 0.580. The highest BCUT2D eigenvalue weighted by Crippen LogP contribution is 2.47. The molecule has 1 aromatic heterocycles. The zero-order valence-electron chi connectivity index (χ0n) is 20.6. The van der Waals surface area contributed by atoms with Crippen LogP contribution < -0.4 is 15.4 Å². The molecule has 0 aliphatic carbocycles. The molecule has 1 fully saturated rings. The Morgan fingerprint density at radius 1 is 1.25 bits per heavy atom. The van der Waals surface area contributed by atoms with E-state index in [4.69, 9.17) is 9.16 Å². The van der Waals surface area contributed by atoms with Gasteiger partial charge in [-0.25, -0.2) is 0 Å². The number of aromatic amines is 1. The van der Waals surface area contributed by atoms with E-state index in [9.17, 15) is 4.79 Å². The maximum atomic E-state index is 12.3. The number of ketones is 1. The number of Topliss-reactive ketones (excluding diaryl/α,β-unsaturated/α-hetero) is 1. The minimum atomic E-state index is -1.87. The van der Waals surface area contributed by atoms with E-state index in [0.717, 1.165) is 37.2 Å². The molecule has 3 N–H and O–H groups in total. The first-order chi connectivity index (χ1) is 15.0. The molecule has 176 valence electrons. The average Bonchev–Trinajstić information content (AvgIpc) is 3.12. The van der Waals surface area contributed by atoms with Crippen LogP contribution in [-0.2, 0) is 14.6 Å². The molecule has 2 unspecified atom stereocenters. The highest BCUT2D eigenvalue weighted by atomic mass is 28.4. The predicted molar refractivity (Wildman–Crippen MR) is 132 cm³/mol. The molecule has 7 heteroatoms. The maximum Gasteiger partial charge on any atom is 0.192 e. The van der Waals surface area contributed by atoms with Gasteiger partial charge in [0, 0.05) is 34.6 Å². The summed E-state index contributed by atoms with van der Waals surface area (Å²) in [5.74, 6) is 1.06. The van der Waals surface area contributed by atoms with E-state index in [1.807, 2.05) is 6.07 Å². The van der Waals surface area contributed by atoms with Crippen LogP contribution in [-0.4, -0.2) is 51.9 Å². The predicted octanol–water partition coefficient (Wildman–Crippen LogP) is 4.42. The minimum absolute atomic E-state index is 0.0722. The molecule has 2 aliphatic rings. The molecule has 2 aromatic rings. The second kappa shape index (κ2) is 8.28. The van der Waals surface area contributed by atoms with Crippen LogP contribution in [0.1, 0.15) is 57.8 Å². The lowest BCUT2D eigenvalue weighted by molar-refractivity contribution is -0.120. The number of aromatic nitrogens is 1.